The lowest BCUT2D eigenvalue weighted by atomic mass is 10.2. The van der Waals surface area contributed by atoms with Crippen LogP contribution in [0.15, 0.2) is 34.9 Å². The Morgan fingerprint density at radius 1 is 1.14 bits per heavy atom. The second-order valence-electron chi connectivity index (χ2n) is 4.15. The van der Waals surface area contributed by atoms with Gasteiger partial charge in [-0.25, -0.2) is 4.79 Å². The molecular formula is C14H10Cl3NO4. The van der Waals surface area contributed by atoms with Crippen molar-refractivity contribution in [3.63, 3.8) is 0 Å². The molecule has 0 saturated heterocycles. The second kappa shape index (κ2) is 7.54. The van der Waals surface area contributed by atoms with E-state index in [9.17, 15) is 9.59 Å². The van der Waals surface area contributed by atoms with E-state index in [0.717, 1.165) is 0 Å². The van der Waals surface area contributed by atoms with Crippen LogP contribution in [0.25, 0.3) is 0 Å². The van der Waals surface area contributed by atoms with Crippen LogP contribution in [0, 0.1) is 0 Å². The first kappa shape index (κ1) is 16.7. The average Bonchev–Trinajstić information content (AvgIpc) is 3.00. The van der Waals surface area contributed by atoms with Crippen LogP contribution in [0.1, 0.15) is 16.1 Å². The minimum atomic E-state index is -0.828. The SMILES string of the molecule is O=C(COC(=O)c1c(Cl)ccc(Cl)c1Cl)NCc1ccco1. The van der Waals surface area contributed by atoms with Gasteiger partial charge in [-0.2, -0.15) is 0 Å². The molecule has 8 heteroatoms. The number of carbonyl (C=O) groups is 2. The molecule has 22 heavy (non-hydrogen) atoms. The zero-order chi connectivity index (χ0) is 16.1. The largest absolute Gasteiger partial charge is 0.467 e. The number of furan rings is 1. The van der Waals surface area contributed by atoms with Gasteiger partial charge in [0.1, 0.15) is 5.76 Å². The molecule has 0 atom stereocenters. The van der Waals surface area contributed by atoms with Gasteiger partial charge in [0.25, 0.3) is 5.91 Å². The zero-order valence-electron chi connectivity index (χ0n) is 11.1. The molecule has 0 saturated carbocycles. The highest BCUT2D eigenvalue weighted by atomic mass is 35.5. The van der Waals surface area contributed by atoms with Gasteiger partial charge < -0.3 is 14.5 Å². The third-order valence-corrected chi connectivity index (χ3v) is 3.74. The minimum absolute atomic E-state index is 0.0184. The summed E-state index contributed by atoms with van der Waals surface area (Å²) in [5, 5.41) is 2.77. The molecule has 0 aliphatic heterocycles. The molecule has 0 bridgehead atoms. The Labute approximate surface area is 141 Å². The highest BCUT2D eigenvalue weighted by molar-refractivity contribution is 6.46. The first-order valence-electron chi connectivity index (χ1n) is 6.08. The van der Waals surface area contributed by atoms with Crippen LogP contribution in [-0.4, -0.2) is 18.5 Å². The van der Waals surface area contributed by atoms with E-state index in [-0.39, 0.29) is 27.2 Å². The van der Waals surface area contributed by atoms with E-state index in [1.54, 1.807) is 12.1 Å². The molecule has 1 aromatic heterocycles. The van der Waals surface area contributed by atoms with Crippen molar-refractivity contribution in [1.82, 2.24) is 5.32 Å². The molecule has 0 radical (unpaired) electrons. The summed E-state index contributed by atoms with van der Waals surface area (Å²) in [6.07, 6.45) is 1.49. The van der Waals surface area contributed by atoms with Gasteiger partial charge in [0, 0.05) is 0 Å². The maximum atomic E-state index is 11.9. The standard InChI is InChI=1S/C14H10Cl3NO4/c15-9-3-4-10(16)13(17)12(9)14(20)22-7-11(19)18-6-8-2-1-5-21-8/h1-5H,6-7H2,(H,18,19). The monoisotopic (exact) mass is 361 g/mol. The molecule has 0 unspecified atom stereocenters. The summed E-state index contributed by atoms with van der Waals surface area (Å²) in [7, 11) is 0. The van der Waals surface area contributed by atoms with E-state index >= 15 is 0 Å². The van der Waals surface area contributed by atoms with Gasteiger partial charge in [-0.1, -0.05) is 34.8 Å². The predicted octanol–water partition coefficient (Wildman–Crippen LogP) is 3.71. The zero-order valence-corrected chi connectivity index (χ0v) is 13.3. The topological polar surface area (TPSA) is 68.5 Å². The van der Waals surface area contributed by atoms with Crippen molar-refractivity contribution in [2.24, 2.45) is 0 Å². The molecule has 0 fully saturated rings. The van der Waals surface area contributed by atoms with Gasteiger partial charge >= 0.3 is 5.97 Å². The summed E-state index contributed by atoms with van der Waals surface area (Å²) in [6, 6.07) is 6.28. The quantitative estimate of drug-likeness (QED) is 0.650. The first-order chi connectivity index (χ1) is 10.5. The van der Waals surface area contributed by atoms with Crippen LogP contribution in [-0.2, 0) is 16.1 Å². The lowest BCUT2D eigenvalue weighted by Crippen LogP contribution is -2.28. The van der Waals surface area contributed by atoms with Gasteiger partial charge in [0.05, 0.1) is 33.4 Å². The normalized spacial score (nSPS) is 10.3. The van der Waals surface area contributed by atoms with Crippen LogP contribution < -0.4 is 5.32 Å². The van der Waals surface area contributed by atoms with Crippen molar-refractivity contribution in [3.05, 3.63) is 56.9 Å². The Morgan fingerprint density at radius 2 is 1.86 bits per heavy atom. The Kier molecular flexibility index (Phi) is 5.71. The van der Waals surface area contributed by atoms with E-state index < -0.39 is 18.5 Å². The molecule has 2 rings (SSSR count). The van der Waals surface area contributed by atoms with Crippen LogP contribution >= 0.6 is 34.8 Å². The number of esters is 1. The molecule has 1 N–H and O–H groups in total. The first-order valence-corrected chi connectivity index (χ1v) is 7.22. The van der Waals surface area contributed by atoms with Crippen molar-refractivity contribution < 1.29 is 18.7 Å². The maximum absolute atomic E-state index is 11.9. The lowest BCUT2D eigenvalue weighted by molar-refractivity contribution is -0.124. The Bertz CT molecular complexity index is 686. The molecule has 2 aromatic rings. The number of ether oxygens (including phenoxy) is 1. The number of amides is 1. The van der Waals surface area contributed by atoms with Crippen LogP contribution in [0.5, 0.6) is 0 Å². The molecule has 116 valence electrons. The number of benzene rings is 1. The summed E-state index contributed by atoms with van der Waals surface area (Å²) in [4.78, 5) is 23.5. The van der Waals surface area contributed by atoms with Crippen molar-refractivity contribution >= 4 is 46.7 Å². The third-order valence-electron chi connectivity index (χ3n) is 2.62. The lowest BCUT2D eigenvalue weighted by Gasteiger charge is -2.09. The van der Waals surface area contributed by atoms with Crippen molar-refractivity contribution in [2.75, 3.05) is 6.61 Å². The fourth-order valence-electron chi connectivity index (χ4n) is 1.57. The van der Waals surface area contributed by atoms with E-state index in [0.29, 0.717) is 5.76 Å². The summed E-state index contributed by atoms with van der Waals surface area (Å²) in [5.41, 5.74) is -0.0744. The van der Waals surface area contributed by atoms with E-state index in [4.69, 9.17) is 44.0 Å². The van der Waals surface area contributed by atoms with Crippen molar-refractivity contribution in [2.45, 2.75) is 6.54 Å². The van der Waals surface area contributed by atoms with Crippen LogP contribution in [0.3, 0.4) is 0 Å². The Hall–Kier alpha value is -1.69. The Morgan fingerprint density at radius 3 is 2.55 bits per heavy atom. The highest BCUT2D eigenvalue weighted by Gasteiger charge is 2.19. The number of carbonyl (C=O) groups excluding carboxylic acids is 2. The summed E-state index contributed by atoms with van der Waals surface area (Å²) >= 11 is 17.6. The van der Waals surface area contributed by atoms with Gasteiger partial charge in [0.15, 0.2) is 6.61 Å². The molecule has 1 aromatic carbocycles. The van der Waals surface area contributed by atoms with Crippen LogP contribution in [0.2, 0.25) is 15.1 Å². The van der Waals surface area contributed by atoms with E-state index in [1.165, 1.54) is 18.4 Å². The van der Waals surface area contributed by atoms with Gasteiger partial charge in [-0.3, -0.25) is 4.79 Å². The number of halogens is 3. The predicted molar refractivity (Wildman–Crippen MR) is 82.3 cm³/mol. The van der Waals surface area contributed by atoms with E-state index in [1.807, 2.05) is 0 Å². The molecule has 1 heterocycles. The number of hydrogen-bond acceptors (Lipinski definition) is 4. The van der Waals surface area contributed by atoms with Gasteiger partial charge in [-0.15, -0.1) is 0 Å². The second-order valence-corrected chi connectivity index (χ2v) is 5.34. The average molecular weight is 363 g/mol. The molecular weight excluding hydrogens is 353 g/mol. The van der Waals surface area contributed by atoms with E-state index in [2.05, 4.69) is 5.32 Å². The van der Waals surface area contributed by atoms with Crippen LogP contribution in [0.4, 0.5) is 0 Å². The van der Waals surface area contributed by atoms with Crippen molar-refractivity contribution in [1.29, 1.82) is 0 Å². The molecule has 0 aliphatic carbocycles. The molecule has 0 aliphatic rings. The van der Waals surface area contributed by atoms with Gasteiger partial charge in [0.2, 0.25) is 0 Å². The third kappa shape index (κ3) is 4.16. The molecule has 1 amide bonds. The van der Waals surface area contributed by atoms with Gasteiger partial charge in [-0.05, 0) is 24.3 Å². The fraction of sp³-hybridized carbons (Fsp3) is 0.143. The highest BCUT2D eigenvalue weighted by Crippen LogP contribution is 2.31. The fourth-order valence-corrected chi connectivity index (χ4v) is 2.25. The summed E-state index contributed by atoms with van der Waals surface area (Å²) in [6.45, 7) is -0.277. The number of rotatable bonds is 5. The smallest absolute Gasteiger partial charge is 0.341 e. The maximum Gasteiger partial charge on any atom is 0.341 e. The Balaban J connectivity index is 1.90. The number of hydrogen-bond donors (Lipinski definition) is 1. The molecule has 5 nitrogen and oxygen atoms in total. The van der Waals surface area contributed by atoms with Crippen molar-refractivity contribution in [3.8, 4) is 0 Å². The summed E-state index contributed by atoms with van der Waals surface area (Å²) in [5.74, 6) is -0.731. The minimum Gasteiger partial charge on any atom is -0.467 e. The summed E-state index contributed by atoms with van der Waals surface area (Å²) < 4.78 is 9.92. The molecule has 0 spiro atoms. The number of nitrogens with one attached hydrogen (secondary N) is 1.